The summed E-state index contributed by atoms with van der Waals surface area (Å²) in [4.78, 5) is 7.56. The average molecular weight is 312 g/mol. The fourth-order valence-corrected chi connectivity index (χ4v) is 2.84. The summed E-state index contributed by atoms with van der Waals surface area (Å²) < 4.78 is 38.8. The highest BCUT2D eigenvalue weighted by molar-refractivity contribution is 6.10. The Balaban J connectivity index is 1.99. The maximum absolute atomic E-state index is 12.9. The number of hydrogen-bond donors (Lipinski definition) is 1. The normalized spacial score (nSPS) is 12.1. The molecule has 0 unspecified atom stereocenters. The van der Waals surface area contributed by atoms with E-state index in [1.165, 1.54) is 6.07 Å². The van der Waals surface area contributed by atoms with E-state index in [0.717, 1.165) is 33.9 Å². The lowest BCUT2D eigenvalue weighted by atomic mass is 10.0. The number of hydrogen-bond acceptors (Lipinski definition) is 1. The van der Waals surface area contributed by atoms with Gasteiger partial charge >= 0.3 is 6.18 Å². The van der Waals surface area contributed by atoms with E-state index in [1.54, 1.807) is 12.3 Å². The maximum atomic E-state index is 12.9. The smallest absolute Gasteiger partial charge is 0.353 e. The van der Waals surface area contributed by atoms with Gasteiger partial charge in [-0.05, 0) is 24.3 Å². The van der Waals surface area contributed by atoms with Gasteiger partial charge in [-0.2, -0.15) is 13.2 Å². The Bertz CT molecular complexity index is 1020. The van der Waals surface area contributed by atoms with Crippen molar-refractivity contribution in [3.63, 3.8) is 0 Å². The molecule has 2 heterocycles. The fraction of sp³-hybridized carbons (Fsp3) is 0.0556. The lowest BCUT2D eigenvalue weighted by molar-refractivity contribution is -0.137. The Labute approximate surface area is 129 Å². The fourth-order valence-electron chi connectivity index (χ4n) is 2.84. The van der Waals surface area contributed by atoms with Gasteiger partial charge in [-0.3, -0.25) is 4.98 Å². The molecule has 2 nitrogen and oxygen atoms in total. The van der Waals surface area contributed by atoms with Crippen molar-refractivity contribution >= 4 is 21.8 Å². The van der Waals surface area contributed by atoms with E-state index < -0.39 is 11.7 Å². The number of fused-ring (bicyclic) bond motifs is 3. The highest BCUT2D eigenvalue weighted by atomic mass is 19.4. The minimum atomic E-state index is -4.37. The first-order chi connectivity index (χ1) is 11.0. The molecular weight excluding hydrogens is 301 g/mol. The van der Waals surface area contributed by atoms with Crippen molar-refractivity contribution in [3.05, 3.63) is 66.4 Å². The standard InChI is InChI=1S/C18H11F3N2/c19-18(20,21)12-5-3-4-11(10-12)16-17-14(8-9-22-16)13-6-1-2-7-15(13)23-17/h1-10,23H. The van der Waals surface area contributed by atoms with Gasteiger partial charge in [0.15, 0.2) is 0 Å². The third-order valence-electron chi connectivity index (χ3n) is 3.89. The largest absolute Gasteiger partial charge is 0.416 e. The van der Waals surface area contributed by atoms with Gasteiger partial charge in [-0.15, -0.1) is 0 Å². The minimum absolute atomic E-state index is 0.442. The average Bonchev–Trinajstić information content (AvgIpc) is 2.93. The van der Waals surface area contributed by atoms with Gasteiger partial charge in [0.2, 0.25) is 0 Å². The summed E-state index contributed by atoms with van der Waals surface area (Å²) in [7, 11) is 0. The topological polar surface area (TPSA) is 28.7 Å². The molecule has 23 heavy (non-hydrogen) atoms. The van der Waals surface area contributed by atoms with Gasteiger partial charge in [-0.1, -0.05) is 30.3 Å². The van der Waals surface area contributed by atoms with Crippen LogP contribution in [0, 0.1) is 0 Å². The molecule has 0 atom stereocenters. The molecule has 4 aromatic rings. The number of rotatable bonds is 1. The zero-order chi connectivity index (χ0) is 16.0. The summed E-state index contributed by atoms with van der Waals surface area (Å²) in [5.41, 5.74) is 1.96. The van der Waals surface area contributed by atoms with Crippen LogP contribution < -0.4 is 0 Å². The molecule has 0 saturated heterocycles. The van der Waals surface area contributed by atoms with Gasteiger partial charge in [0, 0.05) is 28.0 Å². The molecule has 0 bridgehead atoms. The van der Waals surface area contributed by atoms with Gasteiger partial charge in [0.05, 0.1) is 16.8 Å². The molecule has 0 radical (unpaired) electrons. The summed E-state index contributed by atoms with van der Waals surface area (Å²) in [6, 6.07) is 14.9. The second-order valence-corrected chi connectivity index (χ2v) is 5.33. The van der Waals surface area contributed by atoms with E-state index in [2.05, 4.69) is 9.97 Å². The number of nitrogens with zero attached hydrogens (tertiary/aromatic N) is 1. The van der Waals surface area contributed by atoms with E-state index in [0.29, 0.717) is 11.3 Å². The van der Waals surface area contributed by atoms with Crippen LogP contribution in [-0.4, -0.2) is 9.97 Å². The molecular formula is C18H11F3N2. The van der Waals surface area contributed by atoms with Crippen molar-refractivity contribution in [2.45, 2.75) is 6.18 Å². The molecule has 0 aliphatic rings. The van der Waals surface area contributed by atoms with E-state index in [-0.39, 0.29) is 0 Å². The molecule has 0 amide bonds. The molecule has 114 valence electrons. The molecule has 0 spiro atoms. The summed E-state index contributed by atoms with van der Waals surface area (Å²) in [6.45, 7) is 0. The number of halogens is 3. The molecule has 0 fully saturated rings. The third kappa shape index (κ3) is 2.25. The zero-order valence-corrected chi connectivity index (χ0v) is 11.9. The molecule has 5 heteroatoms. The maximum Gasteiger partial charge on any atom is 0.416 e. The Kier molecular flexibility index (Phi) is 2.91. The highest BCUT2D eigenvalue weighted by Crippen LogP contribution is 2.35. The molecule has 4 rings (SSSR count). The van der Waals surface area contributed by atoms with Crippen LogP contribution in [0.25, 0.3) is 33.1 Å². The van der Waals surface area contributed by atoms with Crippen molar-refractivity contribution in [1.82, 2.24) is 9.97 Å². The first-order valence-electron chi connectivity index (χ1n) is 7.07. The van der Waals surface area contributed by atoms with Crippen LogP contribution in [0.5, 0.6) is 0 Å². The monoisotopic (exact) mass is 312 g/mol. The summed E-state index contributed by atoms with van der Waals surface area (Å²) >= 11 is 0. The summed E-state index contributed by atoms with van der Waals surface area (Å²) in [5.74, 6) is 0. The van der Waals surface area contributed by atoms with Crippen LogP contribution >= 0.6 is 0 Å². The summed E-state index contributed by atoms with van der Waals surface area (Å²) in [5, 5.41) is 1.97. The second-order valence-electron chi connectivity index (χ2n) is 5.33. The second kappa shape index (κ2) is 4.84. The third-order valence-corrected chi connectivity index (χ3v) is 3.89. The number of nitrogens with one attached hydrogen (secondary N) is 1. The molecule has 1 N–H and O–H groups in total. The Hall–Kier alpha value is -2.82. The quantitative estimate of drug-likeness (QED) is 0.501. The van der Waals surface area contributed by atoms with Crippen molar-refractivity contribution < 1.29 is 13.2 Å². The molecule has 0 aliphatic heterocycles. The van der Waals surface area contributed by atoms with Gasteiger partial charge in [0.25, 0.3) is 0 Å². The number of para-hydroxylation sites is 1. The van der Waals surface area contributed by atoms with Gasteiger partial charge < -0.3 is 4.98 Å². The lowest BCUT2D eigenvalue weighted by Crippen LogP contribution is -2.04. The van der Waals surface area contributed by atoms with Gasteiger partial charge in [0.1, 0.15) is 0 Å². The van der Waals surface area contributed by atoms with Crippen LogP contribution in [0.1, 0.15) is 5.56 Å². The number of aromatic nitrogens is 2. The van der Waals surface area contributed by atoms with E-state index in [4.69, 9.17) is 0 Å². The van der Waals surface area contributed by atoms with Crippen LogP contribution in [0.4, 0.5) is 13.2 Å². The predicted molar refractivity (Wildman–Crippen MR) is 84.0 cm³/mol. The number of aromatic amines is 1. The number of H-pyrrole nitrogens is 1. The molecule has 2 aromatic carbocycles. The molecule has 2 aromatic heterocycles. The van der Waals surface area contributed by atoms with Crippen molar-refractivity contribution in [2.24, 2.45) is 0 Å². The SMILES string of the molecule is FC(F)(F)c1cccc(-c2nccc3c2[nH]c2ccccc23)c1. The van der Waals surface area contributed by atoms with Crippen molar-refractivity contribution in [2.75, 3.05) is 0 Å². The number of alkyl halides is 3. The van der Waals surface area contributed by atoms with Gasteiger partial charge in [-0.25, -0.2) is 0 Å². The Morgan fingerprint density at radius 1 is 0.870 bits per heavy atom. The van der Waals surface area contributed by atoms with E-state index >= 15 is 0 Å². The zero-order valence-electron chi connectivity index (χ0n) is 11.9. The Morgan fingerprint density at radius 2 is 1.70 bits per heavy atom. The van der Waals surface area contributed by atoms with Crippen molar-refractivity contribution in [1.29, 1.82) is 0 Å². The first kappa shape index (κ1) is 13.8. The number of pyridine rings is 1. The van der Waals surface area contributed by atoms with E-state index in [1.807, 2.05) is 30.3 Å². The van der Waals surface area contributed by atoms with Crippen LogP contribution in [0.15, 0.2) is 60.8 Å². The van der Waals surface area contributed by atoms with E-state index in [9.17, 15) is 13.2 Å². The van der Waals surface area contributed by atoms with Crippen LogP contribution in [0.2, 0.25) is 0 Å². The number of benzene rings is 2. The Morgan fingerprint density at radius 3 is 2.52 bits per heavy atom. The molecule has 0 aliphatic carbocycles. The predicted octanol–water partition coefficient (Wildman–Crippen LogP) is 5.40. The highest BCUT2D eigenvalue weighted by Gasteiger charge is 2.30. The molecule has 0 saturated carbocycles. The minimum Gasteiger partial charge on any atom is -0.353 e. The first-order valence-corrected chi connectivity index (χ1v) is 7.07. The summed E-state index contributed by atoms with van der Waals surface area (Å²) in [6.07, 6.45) is -2.75. The van der Waals surface area contributed by atoms with Crippen molar-refractivity contribution in [3.8, 4) is 11.3 Å². The van der Waals surface area contributed by atoms with Crippen LogP contribution in [0.3, 0.4) is 0 Å². The lowest BCUT2D eigenvalue weighted by Gasteiger charge is -2.09. The van der Waals surface area contributed by atoms with Crippen LogP contribution in [-0.2, 0) is 6.18 Å².